The average Bonchev–Trinajstić information content (AvgIpc) is 2.88. The van der Waals surface area contributed by atoms with Gasteiger partial charge in [-0.3, -0.25) is 4.90 Å². The Hall–Kier alpha value is -0.770. The third-order valence-electron chi connectivity index (χ3n) is 4.49. The van der Waals surface area contributed by atoms with E-state index in [0.717, 1.165) is 24.1 Å². The minimum absolute atomic E-state index is 0. The Morgan fingerprint density at radius 1 is 1.19 bits per heavy atom. The van der Waals surface area contributed by atoms with Gasteiger partial charge in [-0.15, -0.1) is 12.4 Å². The molecule has 0 bridgehead atoms. The van der Waals surface area contributed by atoms with Crippen LogP contribution in [-0.4, -0.2) is 37.2 Å². The molecule has 21 heavy (non-hydrogen) atoms. The highest BCUT2D eigenvalue weighted by Gasteiger charge is 2.32. The number of likely N-dealkylation sites (tertiary alicyclic amines) is 1. The number of nitrogens with zero attached hydrogens (tertiary/aromatic N) is 1. The second-order valence-electron chi connectivity index (χ2n) is 6.51. The molecule has 1 aromatic carbocycles. The van der Waals surface area contributed by atoms with E-state index >= 15 is 0 Å². The van der Waals surface area contributed by atoms with Gasteiger partial charge in [-0.1, -0.05) is 12.1 Å². The molecule has 3 nitrogen and oxygen atoms in total. The molecule has 2 saturated heterocycles. The first-order valence-electron chi connectivity index (χ1n) is 7.89. The molecule has 2 heterocycles. The van der Waals surface area contributed by atoms with E-state index in [1.165, 1.54) is 38.2 Å². The summed E-state index contributed by atoms with van der Waals surface area (Å²) in [7, 11) is 0. The van der Waals surface area contributed by atoms with Crippen LogP contribution in [0.3, 0.4) is 0 Å². The molecule has 2 unspecified atom stereocenters. The third-order valence-corrected chi connectivity index (χ3v) is 4.49. The SMILES string of the molecule is CC(C)Oc1ccc(CN2CCC3CNCC3C2)cc1.Cl. The quantitative estimate of drug-likeness (QED) is 0.925. The van der Waals surface area contributed by atoms with Crippen molar-refractivity contribution in [1.82, 2.24) is 10.2 Å². The second kappa shape index (κ2) is 7.48. The smallest absolute Gasteiger partial charge is 0.119 e. The number of ether oxygens (including phenoxy) is 1. The molecule has 4 heteroatoms. The van der Waals surface area contributed by atoms with Crippen LogP contribution in [0.1, 0.15) is 25.8 Å². The lowest BCUT2D eigenvalue weighted by atomic mass is 9.88. The van der Waals surface area contributed by atoms with Crippen LogP contribution in [0, 0.1) is 11.8 Å². The fraction of sp³-hybridized carbons (Fsp3) is 0.647. The largest absolute Gasteiger partial charge is 0.491 e. The van der Waals surface area contributed by atoms with Crippen LogP contribution in [0.25, 0.3) is 0 Å². The molecule has 2 aliphatic rings. The van der Waals surface area contributed by atoms with Crippen LogP contribution < -0.4 is 10.1 Å². The normalized spacial score (nSPS) is 25.5. The summed E-state index contributed by atoms with van der Waals surface area (Å²) in [5.74, 6) is 2.77. The molecule has 2 aliphatic heterocycles. The zero-order valence-corrected chi connectivity index (χ0v) is 13.9. The number of piperidine rings is 1. The highest BCUT2D eigenvalue weighted by molar-refractivity contribution is 5.85. The van der Waals surface area contributed by atoms with Gasteiger partial charge >= 0.3 is 0 Å². The summed E-state index contributed by atoms with van der Waals surface area (Å²) in [5, 5.41) is 3.53. The first kappa shape index (κ1) is 16.6. The molecule has 0 aromatic heterocycles. The maximum absolute atomic E-state index is 5.69. The number of hydrogen-bond acceptors (Lipinski definition) is 3. The van der Waals surface area contributed by atoms with Gasteiger partial charge in [0.05, 0.1) is 6.10 Å². The zero-order valence-electron chi connectivity index (χ0n) is 13.0. The predicted molar refractivity (Wildman–Crippen MR) is 89.2 cm³/mol. The van der Waals surface area contributed by atoms with Crippen molar-refractivity contribution in [2.75, 3.05) is 26.2 Å². The summed E-state index contributed by atoms with van der Waals surface area (Å²) in [6.45, 7) is 10.1. The first-order chi connectivity index (χ1) is 9.70. The van der Waals surface area contributed by atoms with Crippen molar-refractivity contribution in [3.8, 4) is 5.75 Å². The van der Waals surface area contributed by atoms with E-state index in [9.17, 15) is 0 Å². The Kier molecular flexibility index (Phi) is 5.91. The van der Waals surface area contributed by atoms with Gasteiger partial charge in [0.2, 0.25) is 0 Å². The maximum atomic E-state index is 5.69. The number of hydrogen-bond donors (Lipinski definition) is 1. The number of nitrogens with one attached hydrogen (secondary N) is 1. The van der Waals surface area contributed by atoms with E-state index in [1.807, 2.05) is 0 Å². The predicted octanol–water partition coefficient (Wildman–Crippen LogP) is 2.94. The molecule has 0 spiro atoms. The second-order valence-corrected chi connectivity index (χ2v) is 6.51. The molecule has 0 radical (unpaired) electrons. The van der Waals surface area contributed by atoms with Crippen molar-refractivity contribution in [2.45, 2.75) is 32.9 Å². The van der Waals surface area contributed by atoms with Crippen molar-refractivity contribution in [3.63, 3.8) is 0 Å². The topological polar surface area (TPSA) is 24.5 Å². The summed E-state index contributed by atoms with van der Waals surface area (Å²) >= 11 is 0. The Balaban J connectivity index is 0.00000161. The Morgan fingerprint density at radius 2 is 1.90 bits per heavy atom. The van der Waals surface area contributed by atoms with Crippen LogP contribution in [0.4, 0.5) is 0 Å². The molecule has 118 valence electrons. The Labute approximate surface area is 134 Å². The number of rotatable bonds is 4. The summed E-state index contributed by atoms with van der Waals surface area (Å²) in [6, 6.07) is 8.60. The van der Waals surface area contributed by atoms with E-state index in [0.29, 0.717) is 0 Å². The van der Waals surface area contributed by atoms with Crippen molar-refractivity contribution < 1.29 is 4.74 Å². The van der Waals surface area contributed by atoms with Gasteiger partial charge in [0.1, 0.15) is 5.75 Å². The van der Waals surface area contributed by atoms with E-state index in [2.05, 4.69) is 48.3 Å². The molecular formula is C17H27ClN2O. The fourth-order valence-electron chi connectivity index (χ4n) is 3.46. The van der Waals surface area contributed by atoms with E-state index < -0.39 is 0 Å². The van der Waals surface area contributed by atoms with Crippen molar-refractivity contribution >= 4 is 12.4 Å². The molecule has 1 aromatic rings. The van der Waals surface area contributed by atoms with Crippen LogP contribution in [-0.2, 0) is 6.54 Å². The van der Waals surface area contributed by atoms with Crippen molar-refractivity contribution in [2.24, 2.45) is 11.8 Å². The van der Waals surface area contributed by atoms with Crippen molar-refractivity contribution in [1.29, 1.82) is 0 Å². The Morgan fingerprint density at radius 3 is 2.62 bits per heavy atom. The molecule has 0 amide bonds. The van der Waals surface area contributed by atoms with Crippen LogP contribution >= 0.6 is 12.4 Å². The highest BCUT2D eigenvalue weighted by Crippen LogP contribution is 2.27. The first-order valence-corrected chi connectivity index (χ1v) is 7.89. The van der Waals surface area contributed by atoms with Gasteiger partial charge in [-0.05, 0) is 69.4 Å². The third kappa shape index (κ3) is 4.35. The van der Waals surface area contributed by atoms with Gasteiger partial charge in [0, 0.05) is 13.1 Å². The standard InChI is InChI=1S/C17H26N2O.ClH/c1-13(2)20-17-5-3-14(4-6-17)11-19-8-7-15-9-18-10-16(15)12-19;/h3-6,13,15-16,18H,7-12H2,1-2H3;1H. The monoisotopic (exact) mass is 310 g/mol. The van der Waals surface area contributed by atoms with Crippen LogP contribution in [0.2, 0.25) is 0 Å². The van der Waals surface area contributed by atoms with Gasteiger partial charge in [-0.25, -0.2) is 0 Å². The summed E-state index contributed by atoms with van der Waals surface area (Å²) < 4.78 is 5.69. The molecule has 2 fully saturated rings. The van der Waals surface area contributed by atoms with Gasteiger partial charge in [0.25, 0.3) is 0 Å². The number of halogens is 1. The lowest BCUT2D eigenvalue weighted by molar-refractivity contribution is 0.142. The molecule has 1 N–H and O–H groups in total. The highest BCUT2D eigenvalue weighted by atomic mass is 35.5. The van der Waals surface area contributed by atoms with Gasteiger partial charge in [0.15, 0.2) is 0 Å². The number of fused-ring (bicyclic) bond motifs is 1. The van der Waals surface area contributed by atoms with Crippen molar-refractivity contribution in [3.05, 3.63) is 29.8 Å². The van der Waals surface area contributed by atoms with E-state index in [4.69, 9.17) is 4.74 Å². The van der Waals surface area contributed by atoms with Gasteiger partial charge in [-0.2, -0.15) is 0 Å². The number of benzene rings is 1. The Bertz CT molecular complexity index is 435. The maximum Gasteiger partial charge on any atom is 0.119 e. The zero-order chi connectivity index (χ0) is 13.9. The summed E-state index contributed by atoms with van der Waals surface area (Å²) in [5.41, 5.74) is 1.39. The van der Waals surface area contributed by atoms with E-state index in [-0.39, 0.29) is 18.5 Å². The molecular weight excluding hydrogens is 284 g/mol. The minimum Gasteiger partial charge on any atom is -0.491 e. The lowest BCUT2D eigenvalue weighted by Gasteiger charge is -2.34. The molecule has 2 atom stereocenters. The summed E-state index contributed by atoms with van der Waals surface area (Å²) in [4.78, 5) is 2.60. The summed E-state index contributed by atoms with van der Waals surface area (Å²) in [6.07, 6.45) is 1.60. The average molecular weight is 311 g/mol. The van der Waals surface area contributed by atoms with Gasteiger partial charge < -0.3 is 10.1 Å². The van der Waals surface area contributed by atoms with E-state index in [1.54, 1.807) is 0 Å². The molecule has 0 aliphatic carbocycles. The lowest BCUT2D eigenvalue weighted by Crippen LogP contribution is -2.39. The molecule has 3 rings (SSSR count). The van der Waals surface area contributed by atoms with Crippen LogP contribution in [0.15, 0.2) is 24.3 Å². The fourth-order valence-corrected chi connectivity index (χ4v) is 3.46. The molecule has 0 saturated carbocycles. The van der Waals surface area contributed by atoms with Crippen LogP contribution in [0.5, 0.6) is 5.75 Å². The minimum atomic E-state index is 0.